The van der Waals surface area contributed by atoms with Crippen LogP contribution in [-0.4, -0.2) is 0 Å². The van der Waals surface area contributed by atoms with E-state index >= 15 is 0 Å². The number of nitrogens with zero attached hydrogens (tertiary/aromatic N) is 1. The fourth-order valence-electron chi connectivity index (χ4n) is 6.03. The Morgan fingerprint density at radius 2 is 0.889 bits per heavy atom. The molecule has 0 atom stereocenters. The van der Waals surface area contributed by atoms with E-state index in [9.17, 15) is 0 Å². The number of hydrogen-bond acceptors (Lipinski definition) is 1. The Morgan fingerprint density at radius 3 is 1.44 bits per heavy atom. The molecule has 1 nitrogen and oxygen atoms in total. The maximum atomic E-state index is 3.74. The lowest BCUT2D eigenvalue weighted by molar-refractivity contribution is 0.874. The molecule has 0 aromatic heterocycles. The van der Waals surface area contributed by atoms with E-state index in [4.69, 9.17) is 0 Å². The van der Waals surface area contributed by atoms with Crippen LogP contribution in [0.25, 0.3) is 22.3 Å². The molecule has 0 saturated heterocycles. The molecular formula is C34H26BrN. The first-order valence-electron chi connectivity index (χ1n) is 12.7. The summed E-state index contributed by atoms with van der Waals surface area (Å²) in [4.78, 5) is 2.41. The third-order valence-electron chi connectivity index (χ3n) is 7.64. The summed E-state index contributed by atoms with van der Waals surface area (Å²) in [5.41, 5.74) is 15.1. The zero-order valence-corrected chi connectivity index (χ0v) is 21.6. The summed E-state index contributed by atoms with van der Waals surface area (Å²) >= 11 is 3.74. The van der Waals surface area contributed by atoms with Gasteiger partial charge in [0.2, 0.25) is 0 Å². The highest BCUT2D eigenvalue weighted by Crippen LogP contribution is 2.47. The summed E-state index contributed by atoms with van der Waals surface area (Å²) in [6.07, 6.45) is 4.40. The zero-order chi connectivity index (χ0) is 24.1. The van der Waals surface area contributed by atoms with E-state index in [1.807, 2.05) is 0 Å². The van der Waals surface area contributed by atoms with Crippen LogP contribution in [-0.2, 0) is 25.7 Å². The van der Waals surface area contributed by atoms with Gasteiger partial charge >= 0.3 is 0 Å². The molecule has 0 aliphatic heterocycles. The van der Waals surface area contributed by atoms with E-state index in [1.54, 1.807) is 0 Å². The van der Waals surface area contributed by atoms with Crippen molar-refractivity contribution in [2.45, 2.75) is 25.7 Å². The maximum Gasteiger partial charge on any atom is 0.0467 e. The van der Waals surface area contributed by atoms with Crippen LogP contribution < -0.4 is 4.90 Å². The lowest BCUT2D eigenvalue weighted by Crippen LogP contribution is -2.17. The van der Waals surface area contributed by atoms with Crippen LogP contribution in [0.5, 0.6) is 0 Å². The smallest absolute Gasteiger partial charge is 0.0467 e. The second kappa shape index (κ2) is 8.80. The van der Waals surface area contributed by atoms with Crippen molar-refractivity contribution >= 4 is 33.0 Å². The molecule has 2 aliphatic carbocycles. The SMILES string of the molecule is Brc1cc2c3c(c1)CCc1cc(N(c4ccccc4)c4ccc(-c5ccccc5)cc4)cc(c1-3)CC2. The van der Waals surface area contributed by atoms with Gasteiger partial charge in [-0.2, -0.15) is 0 Å². The van der Waals surface area contributed by atoms with Crippen LogP contribution in [0.4, 0.5) is 17.1 Å². The molecule has 0 N–H and O–H groups in total. The third-order valence-corrected chi connectivity index (χ3v) is 8.09. The Kier molecular flexibility index (Phi) is 5.29. The fourth-order valence-corrected chi connectivity index (χ4v) is 6.58. The summed E-state index contributed by atoms with van der Waals surface area (Å²) < 4.78 is 1.22. The molecule has 0 spiro atoms. The monoisotopic (exact) mass is 527 g/mol. The van der Waals surface area contributed by atoms with Crippen molar-refractivity contribution in [3.05, 3.63) is 136 Å². The lowest BCUT2D eigenvalue weighted by Gasteiger charge is -2.33. The minimum absolute atomic E-state index is 1.09. The molecule has 2 aliphatic rings. The zero-order valence-electron chi connectivity index (χ0n) is 20.0. The molecule has 0 heterocycles. The molecule has 0 amide bonds. The molecule has 0 fully saturated rings. The first-order chi connectivity index (χ1) is 17.7. The van der Waals surface area contributed by atoms with Gasteiger partial charge in [-0.15, -0.1) is 0 Å². The van der Waals surface area contributed by atoms with Crippen LogP contribution in [0, 0.1) is 0 Å². The van der Waals surface area contributed by atoms with Crippen molar-refractivity contribution in [1.82, 2.24) is 0 Å². The van der Waals surface area contributed by atoms with Gasteiger partial charge in [0, 0.05) is 21.5 Å². The molecule has 36 heavy (non-hydrogen) atoms. The van der Waals surface area contributed by atoms with Crippen LogP contribution in [0.1, 0.15) is 22.3 Å². The van der Waals surface area contributed by atoms with E-state index in [0.717, 1.165) is 25.7 Å². The molecule has 0 radical (unpaired) electrons. The molecule has 0 saturated carbocycles. The van der Waals surface area contributed by atoms with Crippen molar-refractivity contribution in [1.29, 1.82) is 0 Å². The lowest BCUT2D eigenvalue weighted by atomic mass is 9.75. The normalized spacial score (nSPS) is 13.2. The molecule has 0 bridgehead atoms. The average molecular weight is 528 g/mol. The highest BCUT2D eigenvalue weighted by molar-refractivity contribution is 9.10. The average Bonchev–Trinajstić information content (AvgIpc) is 2.93. The topological polar surface area (TPSA) is 3.24 Å². The number of rotatable bonds is 4. The van der Waals surface area contributed by atoms with Crippen molar-refractivity contribution in [2.24, 2.45) is 0 Å². The highest BCUT2D eigenvalue weighted by atomic mass is 79.9. The molecule has 5 aromatic carbocycles. The largest absolute Gasteiger partial charge is 0.310 e. The van der Waals surface area contributed by atoms with E-state index in [2.05, 4.69) is 130 Å². The van der Waals surface area contributed by atoms with Gasteiger partial charge in [-0.1, -0.05) is 76.6 Å². The summed E-state index contributed by atoms with van der Waals surface area (Å²) in [5, 5.41) is 0. The van der Waals surface area contributed by atoms with Gasteiger partial charge in [-0.05, 0) is 119 Å². The molecule has 174 valence electrons. The van der Waals surface area contributed by atoms with Crippen molar-refractivity contribution < 1.29 is 0 Å². The molecular weight excluding hydrogens is 502 g/mol. The van der Waals surface area contributed by atoms with E-state index in [0.29, 0.717) is 0 Å². The Labute approximate surface area is 221 Å². The quantitative estimate of drug-likeness (QED) is 0.225. The number of para-hydroxylation sites is 1. The number of aryl methyl sites for hydroxylation is 4. The Hall–Kier alpha value is -3.62. The van der Waals surface area contributed by atoms with Crippen LogP contribution in [0.15, 0.2) is 114 Å². The summed E-state index contributed by atoms with van der Waals surface area (Å²) in [7, 11) is 0. The minimum atomic E-state index is 1.09. The van der Waals surface area contributed by atoms with Crippen molar-refractivity contribution in [2.75, 3.05) is 4.90 Å². The van der Waals surface area contributed by atoms with Crippen LogP contribution >= 0.6 is 15.9 Å². The van der Waals surface area contributed by atoms with Gasteiger partial charge in [-0.3, -0.25) is 0 Å². The summed E-state index contributed by atoms with van der Waals surface area (Å²) in [6.45, 7) is 0. The Morgan fingerprint density at radius 1 is 0.444 bits per heavy atom. The predicted octanol–water partition coefficient (Wildman–Crippen LogP) is 9.45. The number of halogens is 1. The van der Waals surface area contributed by atoms with Gasteiger partial charge in [0.05, 0.1) is 0 Å². The summed E-state index contributed by atoms with van der Waals surface area (Å²) in [5.74, 6) is 0. The standard InChI is InChI=1S/C34H26BrN/c35-29-19-25-11-13-27-21-32(22-28-14-12-26(20-29)33(25)34(27)28)36(30-9-5-2-6-10-30)31-17-15-24(16-18-31)23-7-3-1-4-8-23/h1-10,15-22H,11-14H2. The van der Waals surface area contributed by atoms with E-state index in [1.165, 1.54) is 66.0 Å². The minimum Gasteiger partial charge on any atom is -0.310 e. The molecule has 5 aromatic rings. The van der Waals surface area contributed by atoms with Crippen LogP contribution in [0.2, 0.25) is 0 Å². The molecule has 0 unspecified atom stereocenters. The number of anilines is 3. The van der Waals surface area contributed by atoms with Gasteiger partial charge in [-0.25, -0.2) is 0 Å². The third kappa shape index (κ3) is 3.68. The van der Waals surface area contributed by atoms with Gasteiger partial charge < -0.3 is 4.90 Å². The van der Waals surface area contributed by atoms with Gasteiger partial charge in [0.15, 0.2) is 0 Å². The fraction of sp³-hybridized carbons (Fsp3) is 0.118. The van der Waals surface area contributed by atoms with E-state index in [-0.39, 0.29) is 0 Å². The van der Waals surface area contributed by atoms with Crippen LogP contribution in [0.3, 0.4) is 0 Å². The molecule has 7 rings (SSSR count). The number of benzene rings is 5. The van der Waals surface area contributed by atoms with Crippen molar-refractivity contribution in [3.8, 4) is 22.3 Å². The van der Waals surface area contributed by atoms with Crippen molar-refractivity contribution in [3.63, 3.8) is 0 Å². The Bertz CT molecular complexity index is 1520. The van der Waals surface area contributed by atoms with E-state index < -0.39 is 0 Å². The highest BCUT2D eigenvalue weighted by Gasteiger charge is 2.27. The maximum absolute atomic E-state index is 3.74. The number of hydrogen-bond donors (Lipinski definition) is 0. The first-order valence-corrected chi connectivity index (χ1v) is 13.5. The Balaban J connectivity index is 1.36. The van der Waals surface area contributed by atoms with Gasteiger partial charge in [0.1, 0.15) is 0 Å². The predicted molar refractivity (Wildman–Crippen MR) is 155 cm³/mol. The first kappa shape index (κ1) is 21.6. The van der Waals surface area contributed by atoms with Gasteiger partial charge in [0.25, 0.3) is 0 Å². The molecule has 2 heteroatoms. The second-order valence-corrected chi connectivity index (χ2v) is 10.7. The summed E-state index contributed by atoms with van der Waals surface area (Å²) in [6, 6.07) is 39.9. The second-order valence-electron chi connectivity index (χ2n) is 9.82.